The second kappa shape index (κ2) is 2.61. The second-order valence-electron chi connectivity index (χ2n) is 3.88. The van der Waals surface area contributed by atoms with Crippen LogP contribution >= 0.6 is 12.4 Å². The molecule has 0 amide bonds. The molecule has 3 aliphatic rings. The fourth-order valence-electron chi connectivity index (χ4n) is 2.38. The Morgan fingerprint density at radius 2 is 2.09 bits per heavy atom. The predicted octanol–water partition coefficient (Wildman–Crippen LogP) is 1.33. The van der Waals surface area contributed by atoms with E-state index < -0.39 is 0 Å². The van der Waals surface area contributed by atoms with Crippen molar-refractivity contribution in [2.75, 3.05) is 13.2 Å². The van der Waals surface area contributed by atoms with Gasteiger partial charge in [-0.25, -0.2) is 0 Å². The molecule has 2 nitrogen and oxygen atoms in total. The number of hydrogen-bond donors (Lipinski definition) is 1. The van der Waals surface area contributed by atoms with Gasteiger partial charge in [0.25, 0.3) is 0 Å². The number of hydrogen-bond acceptors (Lipinski definition) is 2. The molecule has 66 valence electrons. The van der Waals surface area contributed by atoms with E-state index in [4.69, 9.17) is 10.5 Å². The Morgan fingerprint density at radius 3 is 2.36 bits per heavy atom. The second-order valence-corrected chi connectivity index (χ2v) is 3.88. The van der Waals surface area contributed by atoms with Crippen LogP contribution in [0.5, 0.6) is 0 Å². The van der Waals surface area contributed by atoms with Crippen LogP contribution < -0.4 is 5.73 Å². The summed E-state index contributed by atoms with van der Waals surface area (Å²) in [4.78, 5) is 0. The molecule has 0 aromatic rings. The molecule has 2 heterocycles. The summed E-state index contributed by atoms with van der Waals surface area (Å²) in [6, 6.07) is 0. The van der Waals surface area contributed by atoms with Gasteiger partial charge in [-0.2, -0.15) is 0 Å². The van der Waals surface area contributed by atoms with Crippen molar-refractivity contribution in [2.45, 2.75) is 31.8 Å². The maximum atomic E-state index is 5.63. The minimum absolute atomic E-state index is 0. The van der Waals surface area contributed by atoms with Crippen LogP contribution in [0.3, 0.4) is 0 Å². The Morgan fingerprint density at radius 1 is 1.45 bits per heavy atom. The normalized spacial score (nSPS) is 46.4. The molecule has 0 atom stereocenters. The summed E-state index contributed by atoms with van der Waals surface area (Å²) in [7, 11) is 0. The van der Waals surface area contributed by atoms with E-state index in [9.17, 15) is 0 Å². The van der Waals surface area contributed by atoms with E-state index in [0.29, 0.717) is 5.41 Å². The molecular weight excluding hydrogens is 162 g/mol. The summed E-state index contributed by atoms with van der Waals surface area (Å²) in [6.45, 7) is 3.92. The van der Waals surface area contributed by atoms with Gasteiger partial charge in [0.05, 0.1) is 12.2 Å². The molecule has 0 radical (unpaired) electrons. The first kappa shape index (κ1) is 9.30. The van der Waals surface area contributed by atoms with Gasteiger partial charge in [0.1, 0.15) is 0 Å². The fourth-order valence-corrected chi connectivity index (χ4v) is 2.38. The zero-order valence-corrected chi connectivity index (χ0v) is 7.75. The lowest BCUT2D eigenvalue weighted by molar-refractivity contribution is -0.00683. The van der Waals surface area contributed by atoms with Gasteiger partial charge < -0.3 is 10.5 Å². The number of rotatable bonds is 2. The van der Waals surface area contributed by atoms with E-state index in [-0.39, 0.29) is 18.0 Å². The maximum Gasteiger partial charge on any atom is 0.0816 e. The van der Waals surface area contributed by atoms with Crippen molar-refractivity contribution in [3.63, 3.8) is 0 Å². The first-order valence-corrected chi connectivity index (χ1v) is 4.08. The Balaban J connectivity index is 0.000000605. The summed E-state index contributed by atoms with van der Waals surface area (Å²) >= 11 is 0. The van der Waals surface area contributed by atoms with Crippen molar-refractivity contribution in [1.29, 1.82) is 0 Å². The highest BCUT2D eigenvalue weighted by Gasteiger charge is 2.60. The summed E-state index contributed by atoms with van der Waals surface area (Å²) in [5.41, 5.74) is 6.26. The van der Waals surface area contributed by atoms with Crippen LogP contribution in [0.2, 0.25) is 0 Å². The quantitative estimate of drug-likeness (QED) is 0.691. The zero-order valence-electron chi connectivity index (χ0n) is 6.93. The highest BCUT2D eigenvalue weighted by molar-refractivity contribution is 5.85. The molecule has 0 spiro atoms. The molecule has 3 fully saturated rings. The van der Waals surface area contributed by atoms with Gasteiger partial charge in [0.15, 0.2) is 0 Å². The minimum atomic E-state index is 0. The van der Waals surface area contributed by atoms with Crippen LogP contribution in [0.15, 0.2) is 0 Å². The van der Waals surface area contributed by atoms with Crippen LogP contribution in [0.25, 0.3) is 0 Å². The minimum Gasteiger partial charge on any atom is -0.373 e. The van der Waals surface area contributed by atoms with Gasteiger partial charge in [0, 0.05) is 6.54 Å². The van der Waals surface area contributed by atoms with E-state index >= 15 is 0 Å². The average molecular weight is 178 g/mol. The zero-order chi connectivity index (χ0) is 7.24. The SMILES string of the molecule is CCC12COC(CN)(C1)C2.Cl. The molecule has 1 saturated carbocycles. The van der Waals surface area contributed by atoms with Gasteiger partial charge in [0.2, 0.25) is 0 Å². The average Bonchev–Trinajstić information content (AvgIpc) is 2.40. The van der Waals surface area contributed by atoms with Crippen LogP contribution in [0, 0.1) is 5.41 Å². The van der Waals surface area contributed by atoms with Gasteiger partial charge in [-0.3, -0.25) is 0 Å². The van der Waals surface area contributed by atoms with Crippen molar-refractivity contribution in [3.05, 3.63) is 0 Å². The third-order valence-electron chi connectivity index (χ3n) is 3.20. The first-order valence-electron chi connectivity index (χ1n) is 4.08. The molecule has 2 saturated heterocycles. The highest BCUT2D eigenvalue weighted by atomic mass is 35.5. The Bertz CT molecular complexity index is 138. The van der Waals surface area contributed by atoms with Crippen LogP contribution in [0.1, 0.15) is 26.2 Å². The summed E-state index contributed by atoms with van der Waals surface area (Å²) in [6.07, 6.45) is 3.69. The third-order valence-corrected chi connectivity index (χ3v) is 3.20. The van der Waals surface area contributed by atoms with Gasteiger partial charge in [-0.05, 0) is 24.7 Å². The van der Waals surface area contributed by atoms with E-state index in [2.05, 4.69) is 6.92 Å². The van der Waals surface area contributed by atoms with Gasteiger partial charge in [-0.1, -0.05) is 6.92 Å². The molecule has 0 aromatic heterocycles. The monoisotopic (exact) mass is 177 g/mol. The van der Waals surface area contributed by atoms with Crippen LogP contribution in [-0.4, -0.2) is 18.8 Å². The summed E-state index contributed by atoms with van der Waals surface area (Å²) < 4.78 is 5.63. The lowest BCUT2D eigenvalue weighted by Crippen LogP contribution is -2.48. The number of nitrogens with two attached hydrogens (primary N) is 1. The van der Waals surface area contributed by atoms with Crippen molar-refractivity contribution in [2.24, 2.45) is 11.1 Å². The van der Waals surface area contributed by atoms with Crippen LogP contribution in [0.4, 0.5) is 0 Å². The maximum absolute atomic E-state index is 5.63. The summed E-state index contributed by atoms with van der Waals surface area (Å²) in [5.74, 6) is 0. The van der Waals surface area contributed by atoms with E-state index in [1.54, 1.807) is 0 Å². The Labute approximate surface area is 73.9 Å². The molecule has 2 N–H and O–H groups in total. The van der Waals surface area contributed by atoms with E-state index in [1.165, 1.54) is 19.3 Å². The van der Waals surface area contributed by atoms with Gasteiger partial charge >= 0.3 is 0 Å². The molecule has 3 rings (SSSR count). The molecule has 2 aliphatic heterocycles. The van der Waals surface area contributed by atoms with Crippen molar-refractivity contribution in [1.82, 2.24) is 0 Å². The fraction of sp³-hybridized carbons (Fsp3) is 1.00. The molecule has 0 unspecified atom stereocenters. The lowest BCUT2D eigenvalue weighted by atomic mass is 9.61. The predicted molar refractivity (Wildman–Crippen MR) is 46.9 cm³/mol. The van der Waals surface area contributed by atoms with E-state index in [0.717, 1.165) is 13.2 Å². The Hall–Kier alpha value is 0.210. The molecule has 2 bridgehead atoms. The number of ether oxygens (including phenoxy) is 1. The molecule has 0 aromatic carbocycles. The third kappa shape index (κ3) is 1.08. The van der Waals surface area contributed by atoms with Crippen LogP contribution in [-0.2, 0) is 4.74 Å². The first-order chi connectivity index (χ1) is 4.74. The standard InChI is InChI=1S/C8H15NO.ClH/c1-2-7-3-8(4-7,5-9)10-6-7;/h2-6,9H2,1H3;1H. The number of fused-ring (bicyclic) bond motifs is 1. The molecular formula is C8H16ClNO. The van der Waals surface area contributed by atoms with Gasteiger partial charge in [-0.15, -0.1) is 12.4 Å². The van der Waals surface area contributed by atoms with Crippen molar-refractivity contribution < 1.29 is 4.74 Å². The largest absolute Gasteiger partial charge is 0.373 e. The summed E-state index contributed by atoms with van der Waals surface area (Å²) in [5, 5.41) is 0. The smallest absolute Gasteiger partial charge is 0.0816 e. The molecule has 1 aliphatic carbocycles. The molecule has 11 heavy (non-hydrogen) atoms. The lowest BCUT2D eigenvalue weighted by Gasteiger charge is -2.43. The molecule has 3 heteroatoms. The van der Waals surface area contributed by atoms with Crippen molar-refractivity contribution >= 4 is 12.4 Å². The number of halogens is 1. The topological polar surface area (TPSA) is 35.2 Å². The highest BCUT2D eigenvalue weighted by Crippen LogP contribution is 2.58. The van der Waals surface area contributed by atoms with E-state index in [1.807, 2.05) is 0 Å². The van der Waals surface area contributed by atoms with Crippen molar-refractivity contribution in [3.8, 4) is 0 Å². The Kier molecular flexibility index (Phi) is 2.21.